The van der Waals surface area contributed by atoms with Crippen LogP contribution in [0.25, 0.3) is 0 Å². The van der Waals surface area contributed by atoms with Crippen molar-refractivity contribution in [1.82, 2.24) is 20.9 Å². The molecule has 7 nitrogen and oxygen atoms in total. The van der Waals surface area contributed by atoms with Gasteiger partial charge in [0.2, 0.25) is 0 Å². The molecule has 0 unspecified atom stereocenters. The first kappa shape index (κ1) is 21.7. The fourth-order valence-electron chi connectivity index (χ4n) is 2.09. The number of amides is 1. The molecular weight excluding hydrogens is 330 g/mol. The topological polar surface area (TPSA) is 87.6 Å². The fraction of sp³-hybridized carbons (Fsp3) is 0.632. The number of aromatic nitrogens is 1. The molecule has 7 heteroatoms. The van der Waals surface area contributed by atoms with E-state index in [9.17, 15) is 4.79 Å². The number of aryl methyl sites for hydroxylation is 1. The highest BCUT2D eigenvalue weighted by Crippen LogP contribution is 2.06. The smallest absolute Gasteiger partial charge is 0.407 e. The lowest BCUT2D eigenvalue weighted by Crippen LogP contribution is -2.38. The van der Waals surface area contributed by atoms with Gasteiger partial charge in [-0.15, -0.1) is 0 Å². The number of pyridine rings is 1. The van der Waals surface area contributed by atoms with Crippen LogP contribution in [0.15, 0.2) is 23.3 Å². The lowest BCUT2D eigenvalue weighted by Gasteiger charge is -2.19. The summed E-state index contributed by atoms with van der Waals surface area (Å²) in [5.41, 5.74) is 1.74. The van der Waals surface area contributed by atoms with Gasteiger partial charge in [0.1, 0.15) is 5.60 Å². The minimum Gasteiger partial charge on any atom is -0.444 e. The second kappa shape index (κ2) is 11.3. The lowest BCUT2D eigenvalue weighted by molar-refractivity contribution is 0.0527. The van der Waals surface area contributed by atoms with Crippen molar-refractivity contribution in [3.63, 3.8) is 0 Å². The molecule has 0 saturated carbocycles. The van der Waals surface area contributed by atoms with Gasteiger partial charge >= 0.3 is 6.09 Å². The molecule has 0 aliphatic rings. The third-order valence-electron chi connectivity index (χ3n) is 3.30. The van der Waals surface area contributed by atoms with E-state index in [0.717, 1.165) is 37.6 Å². The van der Waals surface area contributed by atoms with E-state index < -0.39 is 11.7 Å². The lowest BCUT2D eigenvalue weighted by atomic mass is 10.2. The number of rotatable bonds is 8. The number of alkyl carbamates (subject to hydrolysis) is 1. The molecule has 0 fully saturated rings. The highest BCUT2D eigenvalue weighted by atomic mass is 16.6. The van der Waals surface area contributed by atoms with Crippen LogP contribution in [0.2, 0.25) is 0 Å². The van der Waals surface area contributed by atoms with Gasteiger partial charge < -0.3 is 20.7 Å². The summed E-state index contributed by atoms with van der Waals surface area (Å²) < 4.78 is 5.19. The average Bonchev–Trinajstić information content (AvgIpc) is 2.54. The molecule has 1 rings (SSSR count). The number of nitrogens with one attached hydrogen (secondary N) is 3. The van der Waals surface area contributed by atoms with Crippen molar-refractivity contribution in [2.75, 3.05) is 26.2 Å². The number of nitrogens with zero attached hydrogens (tertiary/aromatic N) is 2. The molecule has 0 aromatic carbocycles. The third kappa shape index (κ3) is 10.5. The molecular formula is C19H33N5O2. The Morgan fingerprint density at radius 1 is 1.19 bits per heavy atom. The standard InChI is InChI=1S/C19H33N5O2/c1-6-20-17(22-13-10-16-9-8-15(2)24-14-16)21-11-7-12-23-18(25)26-19(3,4)5/h8-9,14H,6-7,10-13H2,1-5H3,(H,23,25)(H2,20,21,22). The maximum atomic E-state index is 11.6. The van der Waals surface area contributed by atoms with E-state index in [1.807, 2.05) is 46.9 Å². The highest BCUT2D eigenvalue weighted by molar-refractivity contribution is 5.79. The predicted molar refractivity (Wildman–Crippen MR) is 106 cm³/mol. The van der Waals surface area contributed by atoms with Crippen molar-refractivity contribution in [3.05, 3.63) is 29.6 Å². The Bertz CT molecular complexity index is 564. The Kier molecular flexibility index (Phi) is 9.47. The Labute approximate surface area is 157 Å². The van der Waals surface area contributed by atoms with Crippen LogP contribution in [0.5, 0.6) is 0 Å². The van der Waals surface area contributed by atoms with Crippen LogP contribution in [0.4, 0.5) is 4.79 Å². The molecule has 1 aromatic heterocycles. The van der Waals surface area contributed by atoms with E-state index in [4.69, 9.17) is 4.74 Å². The second-order valence-corrected chi connectivity index (χ2v) is 7.03. The van der Waals surface area contributed by atoms with Crippen LogP contribution in [0.1, 0.15) is 45.4 Å². The predicted octanol–water partition coefficient (Wildman–Crippen LogP) is 2.40. The molecule has 1 aromatic rings. The first-order valence-electron chi connectivity index (χ1n) is 9.20. The minimum atomic E-state index is -0.475. The Hall–Kier alpha value is -2.31. The quantitative estimate of drug-likeness (QED) is 0.375. The number of guanidine groups is 1. The summed E-state index contributed by atoms with van der Waals surface area (Å²) in [6.07, 6.45) is 3.15. The van der Waals surface area contributed by atoms with Gasteiger partial charge in [0.05, 0.1) is 0 Å². The van der Waals surface area contributed by atoms with Crippen molar-refractivity contribution in [2.24, 2.45) is 4.99 Å². The number of hydrogen-bond donors (Lipinski definition) is 3. The zero-order chi connectivity index (χ0) is 19.4. The summed E-state index contributed by atoms with van der Waals surface area (Å²) in [6, 6.07) is 4.11. The van der Waals surface area contributed by atoms with Gasteiger partial charge in [-0.25, -0.2) is 4.79 Å². The Balaban J connectivity index is 2.27. The van der Waals surface area contributed by atoms with Crippen LogP contribution in [0.3, 0.4) is 0 Å². The van der Waals surface area contributed by atoms with Crippen molar-refractivity contribution >= 4 is 12.1 Å². The first-order chi connectivity index (χ1) is 12.3. The summed E-state index contributed by atoms with van der Waals surface area (Å²) in [5.74, 6) is 0.782. The fourth-order valence-corrected chi connectivity index (χ4v) is 2.09. The average molecular weight is 364 g/mol. The van der Waals surface area contributed by atoms with Crippen LogP contribution in [0, 0.1) is 6.92 Å². The van der Waals surface area contributed by atoms with Crippen LogP contribution in [-0.4, -0.2) is 48.8 Å². The van der Waals surface area contributed by atoms with Gasteiger partial charge in [-0.05, 0) is 59.1 Å². The van der Waals surface area contributed by atoms with Gasteiger partial charge in [0.25, 0.3) is 0 Å². The largest absolute Gasteiger partial charge is 0.444 e. The zero-order valence-corrected chi connectivity index (χ0v) is 16.7. The molecule has 0 bridgehead atoms. The summed E-state index contributed by atoms with van der Waals surface area (Å²) in [5, 5.41) is 9.27. The second-order valence-electron chi connectivity index (χ2n) is 7.03. The van der Waals surface area contributed by atoms with Gasteiger partial charge in [-0.2, -0.15) is 0 Å². The zero-order valence-electron chi connectivity index (χ0n) is 16.7. The van der Waals surface area contributed by atoms with Crippen molar-refractivity contribution in [1.29, 1.82) is 0 Å². The van der Waals surface area contributed by atoms with E-state index in [1.54, 1.807) is 0 Å². The highest BCUT2D eigenvalue weighted by Gasteiger charge is 2.15. The minimum absolute atomic E-state index is 0.391. The van der Waals surface area contributed by atoms with Gasteiger partial charge in [-0.1, -0.05) is 6.07 Å². The van der Waals surface area contributed by atoms with Gasteiger partial charge in [0.15, 0.2) is 5.96 Å². The van der Waals surface area contributed by atoms with E-state index >= 15 is 0 Å². The van der Waals surface area contributed by atoms with Gasteiger partial charge in [0, 0.05) is 38.1 Å². The van der Waals surface area contributed by atoms with E-state index in [-0.39, 0.29) is 0 Å². The maximum absolute atomic E-state index is 11.6. The Morgan fingerprint density at radius 2 is 1.96 bits per heavy atom. The molecule has 1 amide bonds. The first-order valence-corrected chi connectivity index (χ1v) is 9.20. The number of aliphatic imine (C=N–C) groups is 1. The Morgan fingerprint density at radius 3 is 2.58 bits per heavy atom. The maximum Gasteiger partial charge on any atom is 0.407 e. The van der Waals surface area contributed by atoms with E-state index in [2.05, 4.69) is 32.0 Å². The molecule has 0 aliphatic heterocycles. The SMILES string of the molecule is CCNC(=NCCCNC(=O)OC(C)(C)C)NCCc1ccc(C)nc1. The number of carbonyl (C=O) groups excluding carboxylic acids is 1. The van der Waals surface area contributed by atoms with Crippen LogP contribution >= 0.6 is 0 Å². The number of hydrogen-bond acceptors (Lipinski definition) is 4. The molecule has 0 saturated heterocycles. The normalized spacial score (nSPS) is 11.8. The molecule has 1 heterocycles. The van der Waals surface area contributed by atoms with Gasteiger partial charge in [-0.3, -0.25) is 9.98 Å². The molecule has 0 atom stereocenters. The monoisotopic (exact) mass is 363 g/mol. The van der Waals surface area contributed by atoms with Crippen molar-refractivity contribution in [2.45, 2.75) is 53.1 Å². The summed E-state index contributed by atoms with van der Waals surface area (Å²) in [7, 11) is 0. The van der Waals surface area contributed by atoms with Crippen molar-refractivity contribution in [3.8, 4) is 0 Å². The van der Waals surface area contributed by atoms with E-state index in [1.165, 1.54) is 5.56 Å². The van der Waals surface area contributed by atoms with Crippen LogP contribution < -0.4 is 16.0 Å². The summed E-state index contributed by atoms with van der Waals surface area (Å²) in [6.45, 7) is 12.3. The van der Waals surface area contributed by atoms with E-state index in [0.29, 0.717) is 13.1 Å². The number of carbonyl (C=O) groups is 1. The molecule has 0 spiro atoms. The molecule has 146 valence electrons. The number of ether oxygens (including phenoxy) is 1. The summed E-state index contributed by atoms with van der Waals surface area (Å²) in [4.78, 5) is 20.4. The molecule has 0 aliphatic carbocycles. The van der Waals surface area contributed by atoms with Crippen LogP contribution in [-0.2, 0) is 11.2 Å². The molecule has 0 radical (unpaired) electrons. The molecule has 3 N–H and O–H groups in total. The summed E-state index contributed by atoms with van der Waals surface area (Å²) >= 11 is 0. The molecule has 26 heavy (non-hydrogen) atoms. The third-order valence-corrected chi connectivity index (χ3v) is 3.30. The van der Waals surface area contributed by atoms with Crippen molar-refractivity contribution < 1.29 is 9.53 Å².